The number of aliphatic hydroxyl groups is 1. The van der Waals surface area contributed by atoms with Crippen molar-refractivity contribution in [3.8, 4) is 0 Å². The average Bonchev–Trinajstić information content (AvgIpc) is 3.29. The average molecular weight is 606 g/mol. The van der Waals surface area contributed by atoms with Crippen LogP contribution in [0.3, 0.4) is 0 Å². The van der Waals surface area contributed by atoms with E-state index in [0.717, 1.165) is 30.6 Å². The van der Waals surface area contributed by atoms with E-state index >= 15 is 0 Å². The Morgan fingerprint density at radius 2 is 1.49 bits per heavy atom. The molecule has 0 spiro atoms. The summed E-state index contributed by atoms with van der Waals surface area (Å²) >= 11 is 0. The molecule has 3 saturated carbocycles. The molecular weight excluding hydrogens is 538 g/mol. The second kappa shape index (κ2) is 13.3. The van der Waals surface area contributed by atoms with Crippen molar-refractivity contribution >= 4 is 0 Å². The van der Waals surface area contributed by atoms with Crippen LogP contribution < -0.4 is 0 Å². The molecule has 4 aliphatic rings. The molecule has 0 radical (unpaired) electrons. The van der Waals surface area contributed by atoms with Crippen LogP contribution in [0.15, 0.2) is 11.6 Å². The minimum Gasteiger partial charge on any atom is -0.361 e. The molecule has 0 aliphatic heterocycles. The molecule has 4 aliphatic carbocycles. The lowest BCUT2D eigenvalue weighted by atomic mass is 9.43. The first-order valence-electron chi connectivity index (χ1n) is 17.9. The van der Waals surface area contributed by atoms with E-state index in [1.165, 1.54) is 44.1 Å². The Balaban J connectivity index is 1.82. The largest absolute Gasteiger partial charge is 0.361 e. The standard InChI is InChI=1S/C37H67NO5/c1-12-40-35(39)25-28-19-20-29-31-22-21-30(27(7)18-16-17-26(5)6)33(31,8)24-23-32(29)34(28,9)36(38(10)11,41-13-2)37(35,42-14-3)43-15-4/h19,26-27,29-32,39H,12-18,20-25H2,1-11H3/t27-,29+,30-,31+,32+,33-,34+,35+,36?/m1/s1. The molecule has 0 heterocycles. The number of allylic oxidation sites excluding steroid dienone is 1. The third kappa shape index (κ3) is 5.21. The van der Waals surface area contributed by atoms with Crippen LogP contribution >= 0.6 is 0 Å². The molecule has 0 saturated heterocycles. The first-order valence-corrected chi connectivity index (χ1v) is 17.9. The molecular formula is C37H67NO5. The van der Waals surface area contributed by atoms with E-state index in [-0.39, 0.29) is 0 Å². The predicted octanol–water partition coefficient (Wildman–Crippen LogP) is 8.04. The molecule has 0 amide bonds. The lowest BCUT2D eigenvalue weighted by molar-refractivity contribution is -0.496. The third-order valence-electron chi connectivity index (χ3n) is 12.8. The summed E-state index contributed by atoms with van der Waals surface area (Å²) in [6, 6.07) is 0. The van der Waals surface area contributed by atoms with Crippen LogP contribution in [-0.4, -0.2) is 67.8 Å². The van der Waals surface area contributed by atoms with E-state index in [2.05, 4.69) is 66.6 Å². The highest BCUT2D eigenvalue weighted by atomic mass is 16.8. The fraction of sp³-hybridized carbons (Fsp3) is 0.946. The predicted molar refractivity (Wildman–Crippen MR) is 174 cm³/mol. The number of hydrogen-bond acceptors (Lipinski definition) is 6. The van der Waals surface area contributed by atoms with Gasteiger partial charge in [0.1, 0.15) is 0 Å². The number of ether oxygens (including phenoxy) is 4. The summed E-state index contributed by atoms with van der Waals surface area (Å²) in [4.78, 5) is 2.16. The van der Waals surface area contributed by atoms with Gasteiger partial charge in [0.05, 0.1) is 0 Å². The van der Waals surface area contributed by atoms with Gasteiger partial charge in [-0.1, -0.05) is 65.5 Å². The Hall–Kier alpha value is -0.500. The minimum absolute atomic E-state index is 0.348. The number of nitrogens with zero attached hydrogens (tertiary/aromatic N) is 1. The summed E-state index contributed by atoms with van der Waals surface area (Å²) < 4.78 is 26.8. The molecule has 43 heavy (non-hydrogen) atoms. The third-order valence-corrected chi connectivity index (χ3v) is 12.8. The van der Waals surface area contributed by atoms with E-state index in [9.17, 15) is 5.11 Å². The molecule has 0 bridgehead atoms. The first-order chi connectivity index (χ1) is 20.3. The van der Waals surface area contributed by atoms with Gasteiger partial charge in [-0.3, -0.25) is 4.90 Å². The zero-order valence-electron chi connectivity index (χ0n) is 29.8. The van der Waals surface area contributed by atoms with E-state index < -0.39 is 22.7 Å². The summed E-state index contributed by atoms with van der Waals surface area (Å²) in [5.74, 6) is 0.794. The highest BCUT2D eigenvalue weighted by Crippen LogP contribution is 2.72. The van der Waals surface area contributed by atoms with Gasteiger partial charge in [-0.25, -0.2) is 0 Å². The van der Waals surface area contributed by atoms with Crippen molar-refractivity contribution in [1.29, 1.82) is 0 Å². The van der Waals surface area contributed by atoms with Gasteiger partial charge in [0, 0.05) is 38.3 Å². The number of hydrogen-bond donors (Lipinski definition) is 1. The molecule has 250 valence electrons. The lowest BCUT2D eigenvalue weighted by Crippen LogP contribution is -2.85. The lowest BCUT2D eigenvalue weighted by Gasteiger charge is -2.71. The Labute approximate surface area is 264 Å². The maximum atomic E-state index is 12.6. The molecule has 6 heteroatoms. The van der Waals surface area contributed by atoms with Gasteiger partial charge in [-0.15, -0.1) is 0 Å². The molecule has 9 atom stereocenters. The van der Waals surface area contributed by atoms with Crippen LogP contribution in [0.1, 0.15) is 120 Å². The molecule has 4 rings (SSSR count). The van der Waals surface area contributed by atoms with Crippen molar-refractivity contribution in [1.82, 2.24) is 4.90 Å². The van der Waals surface area contributed by atoms with Crippen LogP contribution in [0.4, 0.5) is 0 Å². The van der Waals surface area contributed by atoms with Crippen LogP contribution in [0, 0.1) is 46.3 Å². The van der Waals surface area contributed by atoms with Gasteiger partial charge >= 0.3 is 0 Å². The summed E-state index contributed by atoms with van der Waals surface area (Å²) in [6.45, 7) is 21.8. The number of likely N-dealkylation sites (N-methyl/N-ethyl adjacent to an activating group) is 1. The van der Waals surface area contributed by atoms with Crippen molar-refractivity contribution in [3.05, 3.63) is 11.6 Å². The fourth-order valence-electron chi connectivity index (χ4n) is 11.4. The smallest absolute Gasteiger partial charge is 0.269 e. The minimum atomic E-state index is -1.70. The Morgan fingerprint density at radius 3 is 2.05 bits per heavy atom. The van der Waals surface area contributed by atoms with Gasteiger partial charge in [0.2, 0.25) is 5.79 Å². The zero-order chi connectivity index (χ0) is 31.8. The molecule has 0 aromatic heterocycles. The first kappa shape index (κ1) is 35.4. The quantitative estimate of drug-likeness (QED) is 0.160. The van der Waals surface area contributed by atoms with Crippen LogP contribution in [0.25, 0.3) is 0 Å². The topological polar surface area (TPSA) is 60.4 Å². The SMILES string of the molecule is CCOC1(N(C)C)C(OCC)(OCC)[C@@](O)(OCC)CC2=CC[C@H]3[C@@H]4CC[C@H]([C@H](C)CCCC(C)C)[C@@]4(C)CC[C@@H]3[C@]21C. The maximum Gasteiger partial charge on any atom is 0.269 e. The van der Waals surface area contributed by atoms with Crippen molar-refractivity contribution in [2.75, 3.05) is 40.5 Å². The second-order valence-electron chi connectivity index (χ2n) is 15.4. The highest BCUT2D eigenvalue weighted by molar-refractivity contribution is 5.36. The van der Waals surface area contributed by atoms with Gasteiger partial charge in [-0.05, 0) is 115 Å². The van der Waals surface area contributed by atoms with Crippen molar-refractivity contribution in [2.24, 2.45) is 46.3 Å². The summed E-state index contributed by atoms with van der Waals surface area (Å²) in [5, 5.41) is 12.6. The van der Waals surface area contributed by atoms with Crippen molar-refractivity contribution < 1.29 is 24.1 Å². The highest BCUT2D eigenvalue weighted by Gasteiger charge is 2.81. The molecule has 0 aromatic rings. The Bertz CT molecular complexity index is 961. The van der Waals surface area contributed by atoms with E-state index in [1.54, 1.807) is 0 Å². The number of fused-ring (bicyclic) bond motifs is 5. The molecule has 6 nitrogen and oxygen atoms in total. The van der Waals surface area contributed by atoms with Gasteiger partial charge in [0.15, 0.2) is 5.72 Å². The molecule has 3 fully saturated rings. The normalized spacial score (nSPS) is 41.1. The second-order valence-corrected chi connectivity index (χ2v) is 15.4. The Kier molecular flexibility index (Phi) is 10.9. The van der Waals surface area contributed by atoms with Crippen LogP contribution in [-0.2, 0) is 18.9 Å². The Morgan fingerprint density at radius 1 is 0.860 bits per heavy atom. The zero-order valence-corrected chi connectivity index (χ0v) is 29.8. The van der Waals surface area contributed by atoms with Crippen molar-refractivity contribution in [3.63, 3.8) is 0 Å². The molecule has 0 aromatic carbocycles. The van der Waals surface area contributed by atoms with Gasteiger partial charge < -0.3 is 24.1 Å². The molecule has 1 N–H and O–H groups in total. The van der Waals surface area contributed by atoms with Gasteiger partial charge in [0.25, 0.3) is 5.79 Å². The van der Waals surface area contributed by atoms with Crippen LogP contribution in [0.2, 0.25) is 0 Å². The fourth-order valence-corrected chi connectivity index (χ4v) is 11.4. The summed E-state index contributed by atoms with van der Waals surface area (Å²) in [6.07, 6.45) is 13.0. The monoisotopic (exact) mass is 606 g/mol. The van der Waals surface area contributed by atoms with E-state index in [0.29, 0.717) is 56.0 Å². The van der Waals surface area contributed by atoms with E-state index in [1.807, 2.05) is 20.8 Å². The van der Waals surface area contributed by atoms with Gasteiger partial charge in [-0.2, -0.15) is 0 Å². The summed E-state index contributed by atoms with van der Waals surface area (Å²) in [7, 11) is 4.15. The summed E-state index contributed by atoms with van der Waals surface area (Å²) in [5.41, 5.74) is 0.0749. The van der Waals surface area contributed by atoms with E-state index in [4.69, 9.17) is 18.9 Å². The van der Waals surface area contributed by atoms with Crippen LogP contribution in [0.5, 0.6) is 0 Å². The molecule has 1 unspecified atom stereocenters. The van der Waals surface area contributed by atoms with Crippen molar-refractivity contribution in [2.45, 2.75) is 137 Å². The number of rotatable bonds is 14. The maximum absolute atomic E-state index is 12.6.